The molecule has 2 rings (SSSR count). The minimum atomic E-state index is -0.0732. The highest BCUT2D eigenvalue weighted by Gasteiger charge is 2.23. The first-order chi connectivity index (χ1) is 9.22. The predicted molar refractivity (Wildman–Crippen MR) is 75.0 cm³/mol. The lowest BCUT2D eigenvalue weighted by Gasteiger charge is -2.31. The molecule has 1 aromatic carbocycles. The molecule has 2 amide bonds. The Kier molecular flexibility index (Phi) is 4.76. The fraction of sp³-hybridized carbons (Fsp3) is 0.500. The van der Waals surface area contributed by atoms with Gasteiger partial charge in [0.2, 0.25) is 0 Å². The van der Waals surface area contributed by atoms with Gasteiger partial charge in [0.25, 0.3) is 0 Å². The Morgan fingerprint density at radius 1 is 1.58 bits per heavy atom. The first-order valence-electron chi connectivity index (χ1n) is 6.60. The molecule has 3 N–H and O–H groups in total. The first kappa shape index (κ1) is 13.8. The van der Waals surface area contributed by atoms with Crippen molar-refractivity contribution in [1.82, 2.24) is 4.90 Å². The number of urea groups is 1. The van der Waals surface area contributed by atoms with Crippen LogP contribution in [0.15, 0.2) is 24.3 Å². The Labute approximate surface area is 113 Å². The van der Waals surface area contributed by atoms with Crippen LogP contribution in [0.2, 0.25) is 0 Å². The zero-order valence-electron chi connectivity index (χ0n) is 11.3. The number of hydrogen-bond acceptors (Lipinski definition) is 3. The molecule has 0 radical (unpaired) electrons. The zero-order valence-corrected chi connectivity index (χ0v) is 11.3. The Bertz CT molecular complexity index is 436. The van der Waals surface area contributed by atoms with Crippen molar-refractivity contribution in [2.45, 2.75) is 25.5 Å². The molecule has 5 heteroatoms. The van der Waals surface area contributed by atoms with Crippen molar-refractivity contribution in [2.24, 2.45) is 5.73 Å². The highest BCUT2D eigenvalue weighted by molar-refractivity contribution is 5.89. The number of amides is 2. The number of nitrogens with one attached hydrogen (secondary N) is 1. The van der Waals surface area contributed by atoms with Crippen molar-refractivity contribution in [2.75, 3.05) is 25.5 Å². The molecule has 104 valence electrons. The van der Waals surface area contributed by atoms with Gasteiger partial charge < -0.3 is 20.7 Å². The molecule has 1 fully saturated rings. The Morgan fingerprint density at radius 2 is 2.42 bits per heavy atom. The summed E-state index contributed by atoms with van der Waals surface area (Å²) in [4.78, 5) is 14.0. The first-order valence-corrected chi connectivity index (χ1v) is 6.60. The number of rotatable bonds is 3. The quantitative estimate of drug-likeness (QED) is 0.873. The third-order valence-corrected chi connectivity index (χ3v) is 3.41. The molecule has 1 aliphatic heterocycles. The topological polar surface area (TPSA) is 67.6 Å². The van der Waals surface area contributed by atoms with Gasteiger partial charge in [0.15, 0.2) is 0 Å². The minimum absolute atomic E-state index is 0.0732. The fourth-order valence-electron chi connectivity index (χ4n) is 2.29. The van der Waals surface area contributed by atoms with Crippen molar-refractivity contribution in [1.29, 1.82) is 0 Å². The van der Waals surface area contributed by atoms with E-state index in [1.807, 2.05) is 24.3 Å². The van der Waals surface area contributed by atoms with E-state index in [1.165, 1.54) is 0 Å². The summed E-state index contributed by atoms with van der Waals surface area (Å²) in [7, 11) is 1.69. The molecule has 0 saturated carbocycles. The Hall–Kier alpha value is -1.59. The Morgan fingerprint density at radius 3 is 3.16 bits per heavy atom. The largest absolute Gasteiger partial charge is 0.380 e. The number of anilines is 1. The van der Waals surface area contributed by atoms with Crippen LogP contribution in [0.25, 0.3) is 0 Å². The van der Waals surface area contributed by atoms with E-state index in [0.29, 0.717) is 13.1 Å². The van der Waals surface area contributed by atoms with E-state index < -0.39 is 0 Å². The summed E-state index contributed by atoms with van der Waals surface area (Å²) in [6.45, 7) is 1.90. The van der Waals surface area contributed by atoms with Gasteiger partial charge in [-0.05, 0) is 30.5 Å². The summed E-state index contributed by atoms with van der Waals surface area (Å²) >= 11 is 0. The monoisotopic (exact) mass is 263 g/mol. The van der Waals surface area contributed by atoms with Crippen LogP contribution >= 0.6 is 0 Å². The van der Waals surface area contributed by atoms with E-state index >= 15 is 0 Å². The second-order valence-corrected chi connectivity index (χ2v) is 4.78. The van der Waals surface area contributed by atoms with E-state index in [1.54, 1.807) is 12.0 Å². The molecule has 1 saturated heterocycles. The van der Waals surface area contributed by atoms with Gasteiger partial charge in [-0.15, -0.1) is 0 Å². The standard InChI is InChI=1S/C14H21N3O2/c1-19-13-6-3-7-17(10-13)14(18)16-12-5-2-4-11(8-12)9-15/h2,4-5,8,13H,3,6-7,9-10,15H2,1H3,(H,16,18). The van der Waals surface area contributed by atoms with E-state index in [-0.39, 0.29) is 12.1 Å². The number of nitrogens with two attached hydrogens (primary N) is 1. The van der Waals surface area contributed by atoms with Gasteiger partial charge in [-0.3, -0.25) is 0 Å². The van der Waals surface area contributed by atoms with E-state index in [2.05, 4.69) is 5.32 Å². The average molecular weight is 263 g/mol. The number of nitrogens with zero attached hydrogens (tertiary/aromatic N) is 1. The average Bonchev–Trinajstić information content (AvgIpc) is 2.47. The lowest BCUT2D eigenvalue weighted by molar-refractivity contribution is 0.0458. The summed E-state index contributed by atoms with van der Waals surface area (Å²) < 4.78 is 5.32. The van der Waals surface area contributed by atoms with Crippen LogP contribution in [0.4, 0.5) is 10.5 Å². The number of carbonyl (C=O) groups excluding carboxylic acids is 1. The van der Waals surface area contributed by atoms with Crippen LogP contribution in [-0.2, 0) is 11.3 Å². The molecular formula is C14H21N3O2. The van der Waals surface area contributed by atoms with Crippen LogP contribution in [0, 0.1) is 0 Å². The smallest absolute Gasteiger partial charge is 0.321 e. The van der Waals surface area contributed by atoms with Crippen molar-refractivity contribution >= 4 is 11.7 Å². The normalized spacial score (nSPS) is 19.3. The number of carbonyl (C=O) groups is 1. The number of ether oxygens (including phenoxy) is 1. The third kappa shape index (κ3) is 3.68. The summed E-state index contributed by atoms with van der Waals surface area (Å²) in [5, 5.41) is 2.91. The van der Waals surface area contributed by atoms with Gasteiger partial charge in [0.05, 0.1) is 6.10 Å². The Balaban J connectivity index is 1.96. The minimum Gasteiger partial charge on any atom is -0.380 e. The maximum Gasteiger partial charge on any atom is 0.321 e. The van der Waals surface area contributed by atoms with Crippen molar-refractivity contribution in [3.63, 3.8) is 0 Å². The summed E-state index contributed by atoms with van der Waals surface area (Å²) in [6, 6.07) is 7.53. The molecule has 1 aromatic rings. The van der Waals surface area contributed by atoms with Crippen LogP contribution in [0.5, 0.6) is 0 Å². The lowest BCUT2D eigenvalue weighted by atomic mass is 10.1. The molecule has 1 aliphatic rings. The van der Waals surface area contributed by atoms with Gasteiger partial charge in [-0.2, -0.15) is 0 Å². The fourth-order valence-corrected chi connectivity index (χ4v) is 2.29. The van der Waals surface area contributed by atoms with Crippen LogP contribution in [-0.4, -0.2) is 37.2 Å². The number of likely N-dealkylation sites (tertiary alicyclic amines) is 1. The molecule has 5 nitrogen and oxygen atoms in total. The summed E-state index contributed by atoms with van der Waals surface area (Å²) in [5.41, 5.74) is 7.38. The van der Waals surface area contributed by atoms with Gasteiger partial charge in [0.1, 0.15) is 0 Å². The van der Waals surface area contributed by atoms with Crippen molar-refractivity contribution < 1.29 is 9.53 Å². The van der Waals surface area contributed by atoms with Gasteiger partial charge in [0, 0.05) is 32.4 Å². The van der Waals surface area contributed by atoms with Gasteiger partial charge in [-0.25, -0.2) is 4.79 Å². The van der Waals surface area contributed by atoms with E-state index in [9.17, 15) is 4.79 Å². The lowest BCUT2D eigenvalue weighted by Crippen LogP contribution is -2.44. The summed E-state index contributed by atoms with van der Waals surface area (Å²) in [6.07, 6.45) is 2.15. The second-order valence-electron chi connectivity index (χ2n) is 4.78. The van der Waals surface area contributed by atoms with Gasteiger partial charge in [-0.1, -0.05) is 12.1 Å². The molecule has 0 spiro atoms. The maximum atomic E-state index is 12.2. The van der Waals surface area contributed by atoms with Crippen LogP contribution in [0.3, 0.4) is 0 Å². The maximum absolute atomic E-state index is 12.2. The highest BCUT2D eigenvalue weighted by Crippen LogP contribution is 2.15. The van der Waals surface area contributed by atoms with Crippen molar-refractivity contribution in [3.05, 3.63) is 29.8 Å². The number of piperidine rings is 1. The SMILES string of the molecule is COC1CCCN(C(=O)Nc2cccc(CN)c2)C1. The molecule has 1 unspecified atom stereocenters. The molecule has 1 heterocycles. The van der Waals surface area contributed by atoms with Crippen molar-refractivity contribution in [3.8, 4) is 0 Å². The molecular weight excluding hydrogens is 242 g/mol. The number of benzene rings is 1. The van der Waals surface area contributed by atoms with Crippen LogP contribution < -0.4 is 11.1 Å². The molecule has 0 aromatic heterocycles. The second kappa shape index (κ2) is 6.54. The molecule has 0 bridgehead atoms. The summed E-state index contributed by atoms with van der Waals surface area (Å²) in [5.74, 6) is 0. The third-order valence-electron chi connectivity index (χ3n) is 3.41. The molecule has 19 heavy (non-hydrogen) atoms. The highest BCUT2D eigenvalue weighted by atomic mass is 16.5. The molecule has 0 aliphatic carbocycles. The number of hydrogen-bond donors (Lipinski definition) is 2. The number of methoxy groups -OCH3 is 1. The molecule has 1 atom stereocenters. The van der Waals surface area contributed by atoms with Gasteiger partial charge >= 0.3 is 6.03 Å². The van der Waals surface area contributed by atoms with E-state index in [0.717, 1.165) is 30.6 Å². The van der Waals surface area contributed by atoms with Crippen LogP contribution in [0.1, 0.15) is 18.4 Å². The zero-order chi connectivity index (χ0) is 13.7. The van der Waals surface area contributed by atoms with E-state index in [4.69, 9.17) is 10.5 Å². The predicted octanol–water partition coefficient (Wildman–Crippen LogP) is 1.79.